The molecule has 4 heteroatoms. The topological polar surface area (TPSA) is 26.3 Å². The zero-order valence-corrected chi connectivity index (χ0v) is 8.16. The first kappa shape index (κ1) is 9.19. The lowest BCUT2D eigenvalue weighted by molar-refractivity contribution is 0.264. The third kappa shape index (κ3) is 2.27. The van der Waals surface area contributed by atoms with E-state index >= 15 is 0 Å². The van der Waals surface area contributed by atoms with E-state index in [1.165, 1.54) is 11.4 Å². The highest BCUT2D eigenvalue weighted by Gasteiger charge is 2.29. The van der Waals surface area contributed by atoms with Crippen LogP contribution in [0, 0.1) is 18.3 Å². The molecule has 0 aliphatic carbocycles. The molecule has 0 aromatic rings. The predicted molar refractivity (Wildman–Crippen MR) is 48.9 cm³/mol. The summed E-state index contributed by atoms with van der Waals surface area (Å²) in [5, 5.41) is 0. The van der Waals surface area contributed by atoms with E-state index in [1.54, 1.807) is 0 Å². The average molecular weight is 190 g/mol. The van der Waals surface area contributed by atoms with Crippen LogP contribution in [0.25, 0.3) is 0 Å². The van der Waals surface area contributed by atoms with Crippen molar-refractivity contribution in [3.63, 3.8) is 0 Å². The van der Waals surface area contributed by atoms with Crippen LogP contribution in [0.2, 0.25) is 0 Å². The SMILES string of the molecule is C#CC1CCP(=O)(SC)OC1. The van der Waals surface area contributed by atoms with E-state index in [0.29, 0.717) is 12.8 Å². The smallest absolute Gasteiger partial charge is 0.257 e. The van der Waals surface area contributed by atoms with Crippen molar-refractivity contribution in [2.75, 3.05) is 19.0 Å². The van der Waals surface area contributed by atoms with E-state index in [2.05, 4.69) is 5.92 Å². The Hall–Kier alpha value is 0.1000. The van der Waals surface area contributed by atoms with E-state index in [0.717, 1.165) is 6.42 Å². The summed E-state index contributed by atoms with van der Waals surface area (Å²) in [5.74, 6) is 2.78. The maximum atomic E-state index is 11.5. The minimum atomic E-state index is -2.32. The van der Waals surface area contributed by atoms with Crippen molar-refractivity contribution in [2.45, 2.75) is 6.42 Å². The van der Waals surface area contributed by atoms with Crippen LogP contribution in [0.4, 0.5) is 0 Å². The summed E-state index contributed by atoms with van der Waals surface area (Å²) in [4.78, 5) is 0. The molecule has 1 fully saturated rings. The van der Waals surface area contributed by atoms with Crippen molar-refractivity contribution in [3.05, 3.63) is 0 Å². The Morgan fingerprint density at radius 1 is 1.82 bits per heavy atom. The molecule has 0 radical (unpaired) electrons. The van der Waals surface area contributed by atoms with Gasteiger partial charge >= 0.3 is 0 Å². The molecule has 0 spiro atoms. The Balaban J connectivity index is 2.49. The molecule has 1 saturated heterocycles. The third-order valence-electron chi connectivity index (χ3n) is 1.74. The lowest BCUT2D eigenvalue weighted by Gasteiger charge is -2.24. The van der Waals surface area contributed by atoms with Gasteiger partial charge in [-0.3, -0.25) is 4.57 Å². The van der Waals surface area contributed by atoms with Crippen LogP contribution in [0.15, 0.2) is 0 Å². The van der Waals surface area contributed by atoms with Crippen LogP contribution in [0.1, 0.15) is 6.42 Å². The highest BCUT2D eigenvalue weighted by Crippen LogP contribution is 2.61. The highest BCUT2D eigenvalue weighted by molar-refractivity contribution is 8.56. The molecule has 62 valence electrons. The molecular formula is C7H11O2PS. The molecule has 2 atom stereocenters. The van der Waals surface area contributed by atoms with Crippen molar-refractivity contribution in [1.29, 1.82) is 0 Å². The van der Waals surface area contributed by atoms with E-state index in [9.17, 15) is 4.57 Å². The van der Waals surface area contributed by atoms with Gasteiger partial charge in [0.05, 0.1) is 6.61 Å². The molecular weight excluding hydrogens is 179 g/mol. The van der Waals surface area contributed by atoms with Crippen LogP contribution in [0.5, 0.6) is 0 Å². The van der Waals surface area contributed by atoms with Crippen molar-refractivity contribution < 1.29 is 9.09 Å². The predicted octanol–water partition coefficient (Wildman–Crippen LogP) is 2.21. The summed E-state index contributed by atoms with van der Waals surface area (Å²) in [6.45, 7) is -1.86. The van der Waals surface area contributed by atoms with Gasteiger partial charge in [-0.1, -0.05) is 11.4 Å². The highest BCUT2D eigenvalue weighted by atomic mass is 32.7. The molecule has 2 unspecified atom stereocenters. The summed E-state index contributed by atoms with van der Waals surface area (Å²) in [5.41, 5.74) is 0. The van der Waals surface area contributed by atoms with Crippen LogP contribution in [-0.4, -0.2) is 19.0 Å². The molecule has 0 bridgehead atoms. The van der Waals surface area contributed by atoms with E-state index in [-0.39, 0.29) is 5.92 Å². The van der Waals surface area contributed by atoms with Crippen molar-refractivity contribution in [2.24, 2.45) is 5.92 Å². The lowest BCUT2D eigenvalue weighted by Crippen LogP contribution is -2.14. The molecule has 1 heterocycles. The van der Waals surface area contributed by atoms with Gasteiger partial charge in [0.15, 0.2) is 0 Å². The van der Waals surface area contributed by atoms with E-state index in [1.807, 2.05) is 6.26 Å². The van der Waals surface area contributed by atoms with Gasteiger partial charge in [-0.05, 0) is 12.7 Å². The largest absolute Gasteiger partial charge is 0.320 e. The standard InChI is InChI=1S/C7H11O2PS/c1-3-7-4-5-10(8,11-2)9-6-7/h1,7H,4-6H2,2H3. The number of terminal acetylenes is 1. The average Bonchev–Trinajstić information content (AvgIpc) is 2.06. The number of hydrogen-bond acceptors (Lipinski definition) is 3. The first-order valence-electron chi connectivity index (χ1n) is 3.45. The summed E-state index contributed by atoms with van der Waals surface area (Å²) >= 11 is 1.33. The van der Waals surface area contributed by atoms with Crippen molar-refractivity contribution in [3.8, 4) is 12.3 Å². The maximum Gasteiger partial charge on any atom is 0.257 e. The fraction of sp³-hybridized carbons (Fsp3) is 0.714. The maximum absolute atomic E-state index is 11.5. The lowest BCUT2D eigenvalue weighted by atomic mass is 10.1. The van der Waals surface area contributed by atoms with E-state index < -0.39 is 6.57 Å². The Morgan fingerprint density at radius 2 is 2.55 bits per heavy atom. The molecule has 0 aromatic heterocycles. The fourth-order valence-corrected chi connectivity index (χ4v) is 3.76. The molecule has 0 amide bonds. The zero-order valence-electron chi connectivity index (χ0n) is 6.45. The number of hydrogen-bond donors (Lipinski definition) is 0. The summed E-state index contributed by atoms with van der Waals surface area (Å²) < 4.78 is 16.7. The zero-order chi connectivity index (χ0) is 8.32. The quantitative estimate of drug-likeness (QED) is 0.468. The van der Waals surface area contributed by atoms with Gasteiger partial charge in [0.1, 0.15) is 0 Å². The van der Waals surface area contributed by atoms with Gasteiger partial charge in [-0.15, -0.1) is 12.3 Å². The Kier molecular flexibility index (Phi) is 3.06. The minimum absolute atomic E-state index is 0.171. The molecule has 1 aliphatic heterocycles. The van der Waals surface area contributed by atoms with Gasteiger partial charge in [-0.2, -0.15) is 0 Å². The second kappa shape index (κ2) is 3.67. The number of rotatable bonds is 1. The van der Waals surface area contributed by atoms with Gasteiger partial charge in [-0.25, -0.2) is 0 Å². The third-order valence-corrected chi connectivity index (χ3v) is 6.18. The normalized spacial score (nSPS) is 38.0. The van der Waals surface area contributed by atoms with Crippen LogP contribution >= 0.6 is 18.0 Å². The van der Waals surface area contributed by atoms with E-state index in [4.69, 9.17) is 10.9 Å². The molecule has 0 N–H and O–H groups in total. The summed E-state index contributed by atoms with van der Waals surface area (Å²) in [6.07, 6.45) is 8.49. The van der Waals surface area contributed by atoms with Gasteiger partial charge in [0, 0.05) is 12.1 Å². The molecule has 0 saturated carbocycles. The molecule has 1 rings (SSSR count). The summed E-state index contributed by atoms with van der Waals surface area (Å²) in [6, 6.07) is 0. The second-order valence-corrected chi connectivity index (χ2v) is 7.52. The minimum Gasteiger partial charge on any atom is -0.320 e. The van der Waals surface area contributed by atoms with Crippen LogP contribution < -0.4 is 0 Å². The molecule has 2 nitrogen and oxygen atoms in total. The Morgan fingerprint density at radius 3 is 2.91 bits per heavy atom. The first-order chi connectivity index (χ1) is 5.20. The van der Waals surface area contributed by atoms with Gasteiger partial charge in [0.25, 0.3) is 6.57 Å². The molecule has 0 aromatic carbocycles. The van der Waals surface area contributed by atoms with Crippen LogP contribution in [-0.2, 0) is 9.09 Å². The van der Waals surface area contributed by atoms with Gasteiger partial charge in [0.2, 0.25) is 0 Å². The fourth-order valence-electron chi connectivity index (χ4n) is 0.941. The van der Waals surface area contributed by atoms with Gasteiger partial charge < -0.3 is 4.52 Å². The van der Waals surface area contributed by atoms with Crippen LogP contribution in [0.3, 0.4) is 0 Å². The van der Waals surface area contributed by atoms with Crippen molar-refractivity contribution >= 4 is 18.0 Å². The first-order valence-corrected chi connectivity index (χ1v) is 7.09. The summed E-state index contributed by atoms with van der Waals surface area (Å²) in [7, 11) is 0. The monoisotopic (exact) mass is 190 g/mol. The Bertz CT molecular complexity index is 209. The molecule has 11 heavy (non-hydrogen) atoms. The second-order valence-electron chi connectivity index (χ2n) is 2.47. The van der Waals surface area contributed by atoms with Crippen molar-refractivity contribution in [1.82, 2.24) is 0 Å². The molecule has 1 aliphatic rings. The Labute approximate surface area is 71.3 Å².